The maximum atomic E-state index is 5.52. The fourth-order valence-corrected chi connectivity index (χ4v) is 3.64. The van der Waals surface area contributed by atoms with Crippen LogP contribution in [0, 0.1) is 0 Å². The van der Waals surface area contributed by atoms with Gasteiger partial charge < -0.3 is 26.6 Å². The molecule has 1 saturated heterocycles. The molecule has 0 radical (unpaired) electrons. The van der Waals surface area contributed by atoms with Crippen LogP contribution in [0.3, 0.4) is 0 Å². The van der Waals surface area contributed by atoms with Gasteiger partial charge in [0.05, 0.1) is 18.8 Å². The summed E-state index contributed by atoms with van der Waals surface area (Å²) in [6.45, 7) is 10.8. The van der Waals surface area contributed by atoms with Crippen LogP contribution in [-0.4, -0.2) is 31.4 Å². The second-order valence-corrected chi connectivity index (χ2v) is 8.70. The number of rotatable bonds is 4. The van der Waals surface area contributed by atoms with Crippen LogP contribution in [0.25, 0.3) is 11.1 Å². The Hall–Kier alpha value is -2.24. The van der Waals surface area contributed by atoms with Crippen molar-refractivity contribution in [1.29, 1.82) is 0 Å². The molecule has 0 aliphatic carbocycles. The minimum Gasteiger partial charge on any atom is -1.00 e. The van der Waals surface area contributed by atoms with E-state index in [1.165, 1.54) is 22.3 Å². The Kier molecular flexibility index (Phi) is 7.27. The molecule has 1 aliphatic rings. The van der Waals surface area contributed by atoms with E-state index in [1.54, 1.807) is 0 Å². The van der Waals surface area contributed by atoms with Gasteiger partial charge in [-0.1, -0.05) is 80.1 Å². The molecule has 0 amide bonds. The topological polar surface area (TPSA) is 29.2 Å². The number of hydrogen-bond donors (Lipinski definition) is 0. The predicted octanol–water partition coefficient (Wildman–Crippen LogP) is 1.22. The number of aromatic nitrogens is 2. The molecule has 5 heteroatoms. The average Bonchev–Trinajstić information content (AvgIpc) is 2.74. The molecule has 3 aromatic rings. The van der Waals surface area contributed by atoms with E-state index < -0.39 is 0 Å². The Morgan fingerprint density at radius 3 is 2.23 bits per heavy atom. The quantitative estimate of drug-likeness (QED) is 0.540. The van der Waals surface area contributed by atoms with Gasteiger partial charge in [0.15, 0.2) is 12.4 Å². The summed E-state index contributed by atoms with van der Waals surface area (Å²) in [5.41, 5.74) is 5.18. The van der Waals surface area contributed by atoms with Crippen LogP contribution in [0.2, 0.25) is 0 Å². The first kappa shape index (κ1) is 22.4. The van der Waals surface area contributed by atoms with Gasteiger partial charge in [-0.15, -0.1) is 0 Å². The largest absolute Gasteiger partial charge is 1.00 e. The lowest BCUT2D eigenvalue weighted by atomic mass is 9.87. The zero-order valence-electron chi connectivity index (χ0n) is 18.0. The molecular weight excluding hydrogens is 438 g/mol. The number of ether oxygens (including phenoxy) is 1. The smallest absolute Gasteiger partial charge is 0.204 e. The van der Waals surface area contributed by atoms with Crippen molar-refractivity contribution in [2.75, 3.05) is 31.2 Å². The van der Waals surface area contributed by atoms with Crippen molar-refractivity contribution in [2.45, 2.75) is 32.7 Å². The normalized spacial score (nSPS) is 14.3. The fraction of sp³-hybridized carbons (Fsp3) is 0.360. The minimum absolute atomic E-state index is 0. The van der Waals surface area contributed by atoms with Crippen LogP contribution in [0.4, 0.5) is 5.82 Å². The number of hydrogen-bond acceptors (Lipinski definition) is 3. The van der Waals surface area contributed by atoms with Crippen LogP contribution in [0.1, 0.15) is 31.9 Å². The molecule has 1 aliphatic heterocycles. The molecule has 4 nitrogen and oxygen atoms in total. The average molecular weight is 468 g/mol. The molecule has 2 heterocycles. The predicted molar refractivity (Wildman–Crippen MR) is 117 cm³/mol. The summed E-state index contributed by atoms with van der Waals surface area (Å²) in [5.74, 6) is 1.01. The lowest BCUT2D eigenvalue weighted by Crippen LogP contribution is -3.00. The van der Waals surface area contributed by atoms with Crippen molar-refractivity contribution in [3.63, 3.8) is 0 Å². The summed E-state index contributed by atoms with van der Waals surface area (Å²) < 4.78 is 7.59. The van der Waals surface area contributed by atoms with Crippen molar-refractivity contribution in [3.05, 3.63) is 78.0 Å². The summed E-state index contributed by atoms with van der Waals surface area (Å²) in [7, 11) is 0. The molecule has 0 N–H and O–H groups in total. The van der Waals surface area contributed by atoms with Crippen LogP contribution in [0.5, 0.6) is 0 Å². The van der Waals surface area contributed by atoms with E-state index in [-0.39, 0.29) is 22.4 Å². The molecule has 0 atom stereocenters. The van der Waals surface area contributed by atoms with Crippen molar-refractivity contribution >= 4 is 5.82 Å². The third-order valence-corrected chi connectivity index (χ3v) is 5.41. The lowest BCUT2D eigenvalue weighted by molar-refractivity contribution is -0.744. The molecule has 158 valence electrons. The van der Waals surface area contributed by atoms with E-state index in [9.17, 15) is 0 Å². The Labute approximate surface area is 190 Å². The van der Waals surface area contributed by atoms with Crippen molar-refractivity contribution in [1.82, 2.24) is 5.10 Å². The minimum atomic E-state index is 0. The van der Waals surface area contributed by atoms with Crippen LogP contribution < -0.4 is 26.6 Å². The summed E-state index contributed by atoms with van der Waals surface area (Å²) in [6.07, 6.45) is 2.15. The number of benzene rings is 2. The van der Waals surface area contributed by atoms with Gasteiger partial charge in [-0.2, -0.15) is 0 Å². The Balaban J connectivity index is 0.00000256. The van der Waals surface area contributed by atoms with E-state index in [2.05, 4.69) is 97.2 Å². The zero-order valence-corrected chi connectivity index (χ0v) is 19.6. The fourth-order valence-electron chi connectivity index (χ4n) is 3.64. The summed E-state index contributed by atoms with van der Waals surface area (Å²) >= 11 is 0. The van der Waals surface area contributed by atoms with Gasteiger partial charge in [0.2, 0.25) is 6.20 Å². The number of halogens is 1. The number of morpholine rings is 1. The van der Waals surface area contributed by atoms with Crippen molar-refractivity contribution in [2.24, 2.45) is 0 Å². The van der Waals surface area contributed by atoms with Gasteiger partial charge in [0.1, 0.15) is 0 Å². The molecule has 0 bridgehead atoms. The zero-order chi connectivity index (χ0) is 20.3. The molecule has 4 rings (SSSR count). The maximum Gasteiger partial charge on any atom is 0.204 e. The number of anilines is 1. The second kappa shape index (κ2) is 9.71. The van der Waals surface area contributed by atoms with E-state index in [0.29, 0.717) is 0 Å². The molecule has 0 unspecified atom stereocenters. The van der Waals surface area contributed by atoms with E-state index in [4.69, 9.17) is 9.84 Å². The van der Waals surface area contributed by atoms with Gasteiger partial charge in [0, 0.05) is 29.8 Å². The molecule has 30 heavy (non-hydrogen) atoms. The number of nitrogens with zero attached hydrogens (tertiary/aromatic N) is 3. The second-order valence-electron chi connectivity index (χ2n) is 8.70. The van der Waals surface area contributed by atoms with Gasteiger partial charge in [-0.05, 0) is 16.5 Å². The van der Waals surface area contributed by atoms with Gasteiger partial charge >= 0.3 is 0 Å². The van der Waals surface area contributed by atoms with Gasteiger partial charge in [-0.3, -0.25) is 0 Å². The lowest BCUT2D eigenvalue weighted by Gasteiger charge is -2.26. The molecule has 0 spiro atoms. The van der Waals surface area contributed by atoms with Crippen LogP contribution >= 0.6 is 0 Å². The van der Waals surface area contributed by atoms with Crippen LogP contribution in [0.15, 0.2) is 66.9 Å². The van der Waals surface area contributed by atoms with Crippen LogP contribution in [-0.2, 0) is 16.7 Å². The molecule has 1 aromatic heterocycles. The van der Waals surface area contributed by atoms with E-state index >= 15 is 0 Å². The molecule has 0 saturated carbocycles. The highest BCUT2D eigenvalue weighted by Gasteiger charge is 2.19. The Morgan fingerprint density at radius 2 is 1.60 bits per heavy atom. The first-order valence-corrected chi connectivity index (χ1v) is 10.4. The highest BCUT2D eigenvalue weighted by molar-refractivity contribution is 5.64. The van der Waals surface area contributed by atoms with Gasteiger partial charge in [-0.25, -0.2) is 0 Å². The highest BCUT2D eigenvalue weighted by Crippen LogP contribution is 2.23. The summed E-state index contributed by atoms with van der Waals surface area (Å²) in [5, 5.41) is 4.94. The van der Waals surface area contributed by atoms with E-state index in [1.807, 2.05) is 0 Å². The monoisotopic (exact) mass is 467 g/mol. The molecule has 1 fully saturated rings. The summed E-state index contributed by atoms with van der Waals surface area (Å²) in [6, 6.07) is 21.6. The van der Waals surface area contributed by atoms with E-state index in [0.717, 1.165) is 38.7 Å². The first-order valence-electron chi connectivity index (χ1n) is 10.4. The maximum absolute atomic E-state index is 5.52. The first-order chi connectivity index (χ1) is 14.0. The SMILES string of the molecule is CC(C)(C)c1ccc(C[n+]2cc(-c3ccccc3)cc(N3CCOCC3)n2)cc1.[Br-]. The standard InChI is InChI=1S/C25H30N3O.BrH/c1-25(2,3)23-11-9-20(10-12-23)18-28-19-22(21-7-5-4-6-8-21)17-24(26-28)27-13-15-29-16-14-27;/h4-12,17,19H,13-16,18H2,1-3H3;1H/q+1;/p-1. The summed E-state index contributed by atoms with van der Waals surface area (Å²) in [4.78, 5) is 2.31. The Morgan fingerprint density at radius 1 is 0.933 bits per heavy atom. The molecule has 2 aromatic carbocycles. The van der Waals surface area contributed by atoms with Crippen molar-refractivity contribution in [3.8, 4) is 11.1 Å². The highest BCUT2D eigenvalue weighted by atomic mass is 79.9. The third kappa shape index (κ3) is 5.46. The third-order valence-electron chi connectivity index (χ3n) is 5.41. The Bertz CT molecular complexity index is 946. The molecular formula is C25H30BrN3O. The van der Waals surface area contributed by atoms with Crippen molar-refractivity contribution < 1.29 is 26.4 Å². The van der Waals surface area contributed by atoms with Gasteiger partial charge in [0.25, 0.3) is 0 Å².